The minimum Gasteiger partial charge on any atom is -0.356 e. The molecule has 0 rings (SSSR count). The minimum absolute atomic E-state index is 0.250. The number of hydrogen-bond donors (Lipinski definition) is 1. The molecular formula is C20H41NO. The van der Waals surface area contributed by atoms with Crippen molar-refractivity contribution in [3.63, 3.8) is 0 Å². The number of rotatable bonds is 16. The first-order chi connectivity index (χ1) is 10.7. The molecule has 1 N–H and O–H groups in total. The molecule has 1 amide bonds. The van der Waals surface area contributed by atoms with E-state index in [1.807, 2.05) is 0 Å². The van der Waals surface area contributed by atoms with Crippen molar-refractivity contribution < 1.29 is 4.79 Å². The zero-order valence-electron chi connectivity index (χ0n) is 15.6. The van der Waals surface area contributed by atoms with Crippen LogP contribution in [0.3, 0.4) is 0 Å². The Kier molecular flexibility index (Phi) is 16.4. The Bertz CT molecular complexity index is 238. The summed E-state index contributed by atoms with van der Waals surface area (Å²) in [6, 6.07) is 0. The third kappa shape index (κ3) is 17.5. The van der Waals surface area contributed by atoms with Crippen LogP contribution in [-0.2, 0) is 4.79 Å². The van der Waals surface area contributed by atoms with Crippen molar-refractivity contribution in [2.75, 3.05) is 6.54 Å². The van der Waals surface area contributed by atoms with Crippen molar-refractivity contribution in [1.82, 2.24) is 5.32 Å². The average molecular weight is 312 g/mol. The minimum atomic E-state index is 0.250. The predicted molar refractivity (Wildman–Crippen MR) is 98.2 cm³/mol. The van der Waals surface area contributed by atoms with Crippen molar-refractivity contribution >= 4 is 5.91 Å². The van der Waals surface area contributed by atoms with Gasteiger partial charge in [-0.25, -0.2) is 0 Å². The first-order valence-corrected chi connectivity index (χ1v) is 9.93. The van der Waals surface area contributed by atoms with Crippen LogP contribution in [0.2, 0.25) is 0 Å². The van der Waals surface area contributed by atoms with Crippen molar-refractivity contribution in [2.45, 2.75) is 111 Å². The fourth-order valence-electron chi connectivity index (χ4n) is 2.78. The molecule has 0 saturated heterocycles. The van der Waals surface area contributed by atoms with Crippen LogP contribution in [0.4, 0.5) is 0 Å². The van der Waals surface area contributed by atoms with Gasteiger partial charge in [0, 0.05) is 13.0 Å². The highest BCUT2D eigenvalue weighted by Gasteiger charge is 2.01. The molecule has 0 heterocycles. The number of carbonyl (C=O) groups is 1. The molecule has 0 unspecified atom stereocenters. The molecule has 0 saturated carbocycles. The summed E-state index contributed by atoms with van der Waals surface area (Å²) in [5.74, 6) is 0.989. The number of carbonyl (C=O) groups excluding carboxylic acids is 1. The normalized spacial score (nSPS) is 11.1. The van der Waals surface area contributed by atoms with E-state index in [2.05, 4.69) is 26.1 Å². The number of hydrogen-bond acceptors (Lipinski definition) is 1. The highest BCUT2D eigenvalue weighted by molar-refractivity contribution is 5.75. The lowest BCUT2D eigenvalue weighted by Gasteiger charge is -2.07. The van der Waals surface area contributed by atoms with Crippen molar-refractivity contribution in [2.24, 2.45) is 5.92 Å². The molecule has 132 valence electrons. The SMILES string of the molecule is CCCCCCCCCCCCCC(=O)NCCCC(C)C. The van der Waals surface area contributed by atoms with E-state index in [1.165, 1.54) is 70.6 Å². The Morgan fingerprint density at radius 1 is 0.773 bits per heavy atom. The summed E-state index contributed by atoms with van der Waals surface area (Å²) < 4.78 is 0. The van der Waals surface area contributed by atoms with Gasteiger partial charge >= 0.3 is 0 Å². The molecule has 0 fully saturated rings. The zero-order chi connectivity index (χ0) is 16.5. The van der Waals surface area contributed by atoms with Gasteiger partial charge in [-0.05, 0) is 25.2 Å². The van der Waals surface area contributed by atoms with Gasteiger partial charge in [0.15, 0.2) is 0 Å². The van der Waals surface area contributed by atoms with Crippen LogP contribution in [0.1, 0.15) is 111 Å². The lowest BCUT2D eigenvalue weighted by molar-refractivity contribution is -0.121. The van der Waals surface area contributed by atoms with E-state index in [4.69, 9.17) is 0 Å². The molecule has 0 aromatic rings. The first-order valence-electron chi connectivity index (χ1n) is 9.93. The van der Waals surface area contributed by atoms with Gasteiger partial charge in [-0.3, -0.25) is 4.79 Å². The van der Waals surface area contributed by atoms with Gasteiger partial charge in [0.25, 0.3) is 0 Å². The van der Waals surface area contributed by atoms with Crippen molar-refractivity contribution in [3.8, 4) is 0 Å². The van der Waals surface area contributed by atoms with Gasteiger partial charge in [0.2, 0.25) is 5.91 Å². The third-order valence-electron chi connectivity index (χ3n) is 4.29. The molecule has 0 bridgehead atoms. The standard InChI is InChI=1S/C20H41NO/c1-4-5-6-7-8-9-10-11-12-13-14-17-20(22)21-18-15-16-19(2)3/h19H,4-18H2,1-3H3,(H,21,22). The molecule has 0 aromatic heterocycles. The number of amides is 1. The topological polar surface area (TPSA) is 29.1 Å². The zero-order valence-corrected chi connectivity index (χ0v) is 15.6. The van der Waals surface area contributed by atoms with Crippen LogP contribution in [0.25, 0.3) is 0 Å². The van der Waals surface area contributed by atoms with Crippen molar-refractivity contribution in [1.29, 1.82) is 0 Å². The molecule has 2 heteroatoms. The summed E-state index contributed by atoms with van der Waals surface area (Å²) in [6.07, 6.45) is 17.8. The van der Waals surface area contributed by atoms with Gasteiger partial charge < -0.3 is 5.32 Å². The molecule has 0 atom stereocenters. The van der Waals surface area contributed by atoms with E-state index < -0.39 is 0 Å². The molecule has 0 aliphatic carbocycles. The maximum absolute atomic E-state index is 11.6. The van der Waals surface area contributed by atoms with Crippen LogP contribution in [0.5, 0.6) is 0 Å². The summed E-state index contributed by atoms with van der Waals surface area (Å²) in [6.45, 7) is 7.58. The van der Waals surface area contributed by atoms with E-state index in [0.29, 0.717) is 0 Å². The summed E-state index contributed by atoms with van der Waals surface area (Å²) in [5, 5.41) is 3.03. The molecule has 22 heavy (non-hydrogen) atoms. The van der Waals surface area contributed by atoms with Crippen LogP contribution in [0, 0.1) is 5.92 Å². The molecule has 0 aliphatic rings. The first kappa shape index (κ1) is 21.5. The second-order valence-corrected chi connectivity index (χ2v) is 7.17. The Morgan fingerprint density at radius 3 is 1.77 bits per heavy atom. The molecule has 0 aliphatic heterocycles. The number of nitrogens with one attached hydrogen (secondary N) is 1. The Labute approximate surface area is 139 Å². The molecule has 0 spiro atoms. The third-order valence-corrected chi connectivity index (χ3v) is 4.29. The lowest BCUT2D eigenvalue weighted by Crippen LogP contribution is -2.24. The fraction of sp³-hybridized carbons (Fsp3) is 0.950. The van der Waals surface area contributed by atoms with Crippen LogP contribution < -0.4 is 5.32 Å². The molecule has 2 nitrogen and oxygen atoms in total. The second kappa shape index (κ2) is 16.8. The second-order valence-electron chi connectivity index (χ2n) is 7.17. The van der Waals surface area contributed by atoms with Crippen molar-refractivity contribution in [3.05, 3.63) is 0 Å². The molecule has 0 aromatic carbocycles. The Morgan fingerprint density at radius 2 is 1.27 bits per heavy atom. The maximum atomic E-state index is 11.6. The van der Waals surface area contributed by atoms with Gasteiger partial charge in [0.1, 0.15) is 0 Å². The van der Waals surface area contributed by atoms with Gasteiger partial charge in [-0.1, -0.05) is 85.0 Å². The van der Waals surface area contributed by atoms with E-state index in [9.17, 15) is 4.79 Å². The fourth-order valence-corrected chi connectivity index (χ4v) is 2.78. The number of unbranched alkanes of at least 4 members (excludes halogenated alkanes) is 10. The average Bonchev–Trinajstić information content (AvgIpc) is 2.49. The molecule has 0 radical (unpaired) electrons. The summed E-state index contributed by atoms with van der Waals surface area (Å²) in [5.41, 5.74) is 0. The van der Waals surface area contributed by atoms with Gasteiger partial charge in [0.05, 0.1) is 0 Å². The quantitative estimate of drug-likeness (QED) is 0.336. The lowest BCUT2D eigenvalue weighted by atomic mass is 10.1. The highest BCUT2D eigenvalue weighted by Crippen LogP contribution is 2.11. The van der Waals surface area contributed by atoms with Crippen LogP contribution in [-0.4, -0.2) is 12.5 Å². The summed E-state index contributed by atoms with van der Waals surface area (Å²) >= 11 is 0. The van der Waals surface area contributed by atoms with Gasteiger partial charge in [-0.2, -0.15) is 0 Å². The van der Waals surface area contributed by atoms with E-state index >= 15 is 0 Å². The largest absolute Gasteiger partial charge is 0.356 e. The Balaban J connectivity index is 3.14. The summed E-state index contributed by atoms with van der Waals surface area (Å²) in [4.78, 5) is 11.6. The Hall–Kier alpha value is -0.530. The highest BCUT2D eigenvalue weighted by atomic mass is 16.1. The molecular weight excluding hydrogens is 270 g/mol. The summed E-state index contributed by atoms with van der Waals surface area (Å²) in [7, 11) is 0. The predicted octanol–water partition coefficient (Wildman–Crippen LogP) is 6.24. The van der Waals surface area contributed by atoms with Crippen LogP contribution >= 0.6 is 0 Å². The van der Waals surface area contributed by atoms with Gasteiger partial charge in [-0.15, -0.1) is 0 Å². The van der Waals surface area contributed by atoms with E-state index in [-0.39, 0.29) is 5.91 Å². The smallest absolute Gasteiger partial charge is 0.219 e. The van der Waals surface area contributed by atoms with E-state index in [0.717, 1.165) is 31.7 Å². The monoisotopic (exact) mass is 311 g/mol. The van der Waals surface area contributed by atoms with Crippen LogP contribution in [0.15, 0.2) is 0 Å². The maximum Gasteiger partial charge on any atom is 0.219 e. The van der Waals surface area contributed by atoms with E-state index in [1.54, 1.807) is 0 Å².